The lowest BCUT2D eigenvalue weighted by molar-refractivity contribution is -0.138. The summed E-state index contributed by atoms with van der Waals surface area (Å²) in [5.74, 6) is 0.0917. The van der Waals surface area contributed by atoms with Gasteiger partial charge in [-0.3, -0.25) is 4.79 Å². The molecule has 2 aliphatic heterocycles. The van der Waals surface area contributed by atoms with Crippen LogP contribution in [0.2, 0.25) is 0 Å². The van der Waals surface area contributed by atoms with Crippen LogP contribution in [0.15, 0.2) is 87.1 Å². The van der Waals surface area contributed by atoms with Crippen molar-refractivity contribution in [2.24, 2.45) is 4.99 Å². The summed E-state index contributed by atoms with van der Waals surface area (Å²) in [5.41, 5.74) is 3.82. The Hall–Kier alpha value is -3.52. The van der Waals surface area contributed by atoms with Gasteiger partial charge in [-0.25, -0.2) is 9.79 Å². The van der Waals surface area contributed by atoms with Gasteiger partial charge in [-0.05, 0) is 42.5 Å². The summed E-state index contributed by atoms with van der Waals surface area (Å²) in [6.45, 7) is 7.87. The monoisotopic (exact) mass is 463 g/mol. The highest BCUT2D eigenvalue weighted by Gasteiger charge is 2.41. The van der Waals surface area contributed by atoms with Crippen LogP contribution in [0.4, 0.5) is 0 Å². The minimum Gasteiger partial charge on any atom is -0.467 e. The molecule has 0 bridgehead atoms. The first-order valence-corrected chi connectivity index (χ1v) is 11.4. The number of rotatable bonds is 8. The maximum atomic E-state index is 13.1. The fourth-order valence-corrected chi connectivity index (χ4v) is 4.82. The van der Waals surface area contributed by atoms with Crippen molar-refractivity contribution < 1.29 is 18.7 Å². The van der Waals surface area contributed by atoms with E-state index in [1.807, 2.05) is 54.5 Å². The lowest BCUT2D eigenvalue weighted by atomic mass is 9.91. The third kappa shape index (κ3) is 4.80. The number of amides is 1. The smallest absolute Gasteiger partial charge is 0.338 e. The number of aryl methyl sites for hydroxylation is 1. The minimum atomic E-state index is -0.449. The second-order valence-corrected chi connectivity index (χ2v) is 8.51. The molecule has 1 aromatic heterocycles. The van der Waals surface area contributed by atoms with Gasteiger partial charge >= 0.3 is 5.97 Å². The van der Waals surface area contributed by atoms with E-state index in [0.717, 1.165) is 22.0 Å². The molecule has 1 N–H and O–H groups in total. The highest BCUT2D eigenvalue weighted by Crippen LogP contribution is 2.45. The molecule has 0 radical (unpaired) electrons. The van der Waals surface area contributed by atoms with E-state index < -0.39 is 12.0 Å². The molecule has 0 saturated heterocycles. The second kappa shape index (κ2) is 9.95. The van der Waals surface area contributed by atoms with E-state index >= 15 is 0 Å². The molecular formula is C25H25N3O4S. The van der Waals surface area contributed by atoms with Crippen molar-refractivity contribution in [1.82, 2.24) is 10.2 Å². The summed E-state index contributed by atoms with van der Waals surface area (Å²) < 4.78 is 10.7. The van der Waals surface area contributed by atoms with Gasteiger partial charge in [0.15, 0.2) is 5.17 Å². The average Bonchev–Trinajstić information content (AvgIpc) is 3.46. The molecule has 0 saturated carbocycles. The third-order valence-electron chi connectivity index (χ3n) is 5.42. The molecule has 2 aliphatic rings. The van der Waals surface area contributed by atoms with Crippen molar-refractivity contribution in [2.75, 3.05) is 6.61 Å². The van der Waals surface area contributed by atoms with Gasteiger partial charge in [0, 0.05) is 5.70 Å². The van der Waals surface area contributed by atoms with Crippen LogP contribution >= 0.6 is 11.8 Å². The number of amidine groups is 1. The number of furan rings is 1. The molecule has 33 heavy (non-hydrogen) atoms. The number of carbonyl (C=O) groups is 2. The quantitative estimate of drug-likeness (QED) is 0.455. The van der Waals surface area contributed by atoms with E-state index in [9.17, 15) is 9.59 Å². The fourth-order valence-electron chi connectivity index (χ4n) is 3.86. The Morgan fingerprint density at radius 2 is 2.09 bits per heavy atom. The zero-order valence-electron chi connectivity index (χ0n) is 18.5. The summed E-state index contributed by atoms with van der Waals surface area (Å²) in [4.78, 5) is 32.4. The van der Waals surface area contributed by atoms with Gasteiger partial charge in [0.25, 0.3) is 0 Å². The molecule has 1 amide bonds. The summed E-state index contributed by atoms with van der Waals surface area (Å²) in [5, 5.41) is 5.53. The topological polar surface area (TPSA) is 84.1 Å². The molecule has 0 fully saturated rings. The van der Waals surface area contributed by atoms with E-state index in [-0.39, 0.29) is 18.9 Å². The number of benzene rings is 1. The van der Waals surface area contributed by atoms with Gasteiger partial charge < -0.3 is 19.4 Å². The van der Waals surface area contributed by atoms with Gasteiger partial charge in [0.2, 0.25) is 5.91 Å². The van der Waals surface area contributed by atoms with Crippen LogP contribution < -0.4 is 5.32 Å². The van der Waals surface area contributed by atoms with E-state index in [4.69, 9.17) is 9.15 Å². The lowest BCUT2D eigenvalue weighted by Crippen LogP contribution is -2.38. The molecule has 0 unspecified atom stereocenters. The van der Waals surface area contributed by atoms with Crippen LogP contribution in [0.25, 0.3) is 0 Å². The number of allylic oxidation sites excluding steroid dienone is 1. The van der Waals surface area contributed by atoms with Crippen LogP contribution in [0, 0.1) is 6.92 Å². The van der Waals surface area contributed by atoms with E-state index in [1.54, 1.807) is 12.3 Å². The molecule has 1 aromatic carbocycles. The first-order chi connectivity index (χ1) is 16.0. The molecule has 0 aliphatic carbocycles. The number of thioether (sulfide) groups is 1. The zero-order chi connectivity index (χ0) is 23.4. The Kier molecular flexibility index (Phi) is 6.84. The summed E-state index contributed by atoms with van der Waals surface area (Å²) in [6.07, 6.45) is 3.25. The molecule has 3 heterocycles. The van der Waals surface area contributed by atoms with E-state index in [0.29, 0.717) is 23.6 Å². The number of nitrogens with one attached hydrogen (secondary N) is 1. The van der Waals surface area contributed by atoms with Crippen molar-refractivity contribution in [3.8, 4) is 0 Å². The molecule has 8 heteroatoms. The molecule has 4 rings (SSSR count). The molecule has 170 valence electrons. The minimum absolute atomic E-state index is 0.110. The molecule has 0 spiro atoms. The predicted octanol–water partition coefficient (Wildman–Crippen LogP) is 4.60. The van der Waals surface area contributed by atoms with Gasteiger partial charge in [-0.1, -0.05) is 48.7 Å². The van der Waals surface area contributed by atoms with E-state index in [2.05, 4.69) is 16.9 Å². The Bertz CT molecular complexity index is 1160. The summed E-state index contributed by atoms with van der Waals surface area (Å²) in [7, 11) is 0. The first kappa shape index (κ1) is 22.7. The van der Waals surface area contributed by atoms with Crippen LogP contribution in [0.1, 0.15) is 36.3 Å². The van der Waals surface area contributed by atoms with Crippen molar-refractivity contribution in [3.05, 3.63) is 94.6 Å². The van der Waals surface area contributed by atoms with Crippen LogP contribution in [-0.2, 0) is 20.9 Å². The Morgan fingerprint density at radius 1 is 1.27 bits per heavy atom. The van der Waals surface area contributed by atoms with Crippen molar-refractivity contribution >= 4 is 28.8 Å². The van der Waals surface area contributed by atoms with Gasteiger partial charge in [0.05, 0.1) is 36.5 Å². The van der Waals surface area contributed by atoms with E-state index in [1.165, 1.54) is 17.8 Å². The number of hydrogen-bond acceptors (Lipinski definition) is 7. The molecule has 1 atom stereocenters. The Morgan fingerprint density at radius 3 is 2.82 bits per heavy atom. The van der Waals surface area contributed by atoms with Crippen LogP contribution in [0.5, 0.6) is 0 Å². The second-order valence-electron chi connectivity index (χ2n) is 7.67. The number of aliphatic imine (C=N–C) groups is 1. The summed E-state index contributed by atoms with van der Waals surface area (Å²) in [6, 6.07) is 11.0. The SMILES string of the molecule is C=CCOC(=O)C1=C(C)N=C2SC=C(CC(=O)NCc3ccco3)N2[C@@H]1c1ccccc1C. The predicted molar refractivity (Wildman–Crippen MR) is 128 cm³/mol. The van der Waals surface area contributed by atoms with Crippen molar-refractivity contribution in [2.45, 2.75) is 32.9 Å². The molecule has 2 aromatic rings. The van der Waals surface area contributed by atoms with Crippen LogP contribution in [0.3, 0.4) is 0 Å². The molecular weight excluding hydrogens is 438 g/mol. The van der Waals surface area contributed by atoms with Gasteiger partial charge in [0.1, 0.15) is 12.4 Å². The zero-order valence-corrected chi connectivity index (χ0v) is 19.4. The van der Waals surface area contributed by atoms with Gasteiger partial charge in [-0.2, -0.15) is 0 Å². The summed E-state index contributed by atoms with van der Waals surface area (Å²) >= 11 is 1.44. The number of nitrogens with zero attached hydrogens (tertiary/aromatic N) is 2. The Balaban J connectivity index is 1.64. The number of carbonyl (C=O) groups excluding carboxylic acids is 2. The largest absolute Gasteiger partial charge is 0.467 e. The first-order valence-electron chi connectivity index (χ1n) is 10.6. The molecule has 7 nitrogen and oxygen atoms in total. The average molecular weight is 464 g/mol. The Labute approximate surface area is 196 Å². The number of esters is 1. The third-order valence-corrected chi connectivity index (χ3v) is 6.31. The van der Waals surface area contributed by atoms with Crippen LogP contribution in [-0.4, -0.2) is 28.6 Å². The number of ether oxygens (including phenoxy) is 1. The normalized spacial score (nSPS) is 17.3. The van der Waals surface area contributed by atoms with Crippen molar-refractivity contribution in [3.63, 3.8) is 0 Å². The number of fused-ring (bicyclic) bond motifs is 1. The highest BCUT2D eigenvalue weighted by atomic mass is 32.2. The number of hydrogen-bond donors (Lipinski definition) is 1. The maximum Gasteiger partial charge on any atom is 0.338 e. The van der Waals surface area contributed by atoms with Gasteiger partial charge in [-0.15, -0.1) is 0 Å². The fraction of sp³-hybridized carbons (Fsp3) is 0.240. The maximum absolute atomic E-state index is 13.1. The highest BCUT2D eigenvalue weighted by molar-refractivity contribution is 8.16. The van der Waals surface area contributed by atoms with Crippen molar-refractivity contribution in [1.29, 1.82) is 0 Å². The standard InChI is InChI=1S/C25H25N3O4S/c1-4-11-32-24(30)22-17(3)27-25-28(23(22)20-10-6-5-8-16(20)2)18(15-33-25)13-21(29)26-14-19-9-7-12-31-19/h4-10,12,15,23H,1,11,13-14H2,2-3H3,(H,26,29)/t23-/m1/s1. The lowest BCUT2D eigenvalue weighted by Gasteiger charge is -2.37.